The number of hydrogen-bond acceptors (Lipinski definition) is 1. The number of rotatable bonds is 0. The second-order valence-electron chi connectivity index (χ2n) is 1.56. The van der Waals surface area contributed by atoms with Crippen molar-refractivity contribution in [1.82, 2.24) is 4.98 Å². The highest BCUT2D eigenvalue weighted by Gasteiger charge is 1.84. The largest absolute Gasteiger partial charge is 0.263 e. The second kappa shape index (κ2) is 2.27. The van der Waals surface area contributed by atoms with Crippen molar-refractivity contribution in [3.05, 3.63) is 28.5 Å². The van der Waals surface area contributed by atoms with E-state index in [2.05, 4.69) is 27.0 Å². The lowest BCUT2D eigenvalue weighted by molar-refractivity contribution is 1.24. The van der Waals surface area contributed by atoms with Crippen molar-refractivity contribution in [2.75, 3.05) is 0 Å². The SMILES string of the molecule is Cc1[c]c(Br)cnc1. The van der Waals surface area contributed by atoms with Gasteiger partial charge in [0.1, 0.15) is 0 Å². The smallest absolute Gasteiger partial charge is 0.0440 e. The Hall–Kier alpha value is -0.370. The van der Waals surface area contributed by atoms with Crippen LogP contribution in [0, 0.1) is 13.0 Å². The molecule has 0 aromatic carbocycles. The van der Waals surface area contributed by atoms with Gasteiger partial charge in [-0.2, -0.15) is 0 Å². The summed E-state index contributed by atoms with van der Waals surface area (Å²) in [5, 5.41) is 0. The van der Waals surface area contributed by atoms with Crippen LogP contribution in [0.3, 0.4) is 0 Å². The van der Waals surface area contributed by atoms with Crippen molar-refractivity contribution in [2.24, 2.45) is 0 Å². The van der Waals surface area contributed by atoms with Crippen LogP contribution in [0.15, 0.2) is 16.9 Å². The molecule has 0 aliphatic carbocycles. The van der Waals surface area contributed by atoms with Gasteiger partial charge in [-0.05, 0) is 28.4 Å². The number of aryl methyl sites for hydroxylation is 1. The zero-order chi connectivity index (χ0) is 5.98. The first-order chi connectivity index (χ1) is 3.79. The third-order valence-electron chi connectivity index (χ3n) is 0.773. The molecule has 0 saturated heterocycles. The average molecular weight is 171 g/mol. The fourth-order valence-corrected chi connectivity index (χ4v) is 0.898. The van der Waals surface area contributed by atoms with Crippen molar-refractivity contribution in [2.45, 2.75) is 6.92 Å². The monoisotopic (exact) mass is 170 g/mol. The Morgan fingerprint density at radius 3 is 2.75 bits per heavy atom. The summed E-state index contributed by atoms with van der Waals surface area (Å²) in [6.45, 7) is 1.96. The van der Waals surface area contributed by atoms with Gasteiger partial charge in [-0.15, -0.1) is 0 Å². The van der Waals surface area contributed by atoms with E-state index in [0.29, 0.717) is 0 Å². The fraction of sp³-hybridized carbons (Fsp3) is 0.167. The molecule has 0 bridgehead atoms. The van der Waals surface area contributed by atoms with Crippen LogP contribution in [-0.2, 0) is 0 Å². The minimum Gasteiger partial charge on any atom is -0.263 e. The van der Waals surface area contributed by atoms with Gasteiger partial charge in [-0.25, -0.2) is 0 Å². The Labute approximate surface area is 56.9 Å². The van der Waals surface area contributed by atoms with Crippen LogP contribution in [0.4, 0.5) is 0 Å². The fourth-order valence-electron chi connectivity index (χ4n) is 0.467. The van der Waals surface area contributed by atoms with Crippen molar-refractivity contribution in [1.29, 1.82) is 0 Å². The van der Waals surface area contributed by atoms with Gasteiger partial charge in [0, 0.05) is 22.9 Å². The molecule has 0 aliphatic heterocycles. The Balaban J connectivity index is 3.08. The van der Waals surface area contributed by atoms with Crippen LogP contribution in [0.2, 0.25) is 0 Å². The normalized spacial score (nSPS) is 9.25. The summed E-state index contributed by atoms with van der Waals surface area (Å²) in [6.07, 6.45) is 3.48. The molecule has 8 heavy (non-hydrogen) atoms. The molecule has 1 nitrogen and oxygen atoms in total. The topological polar surface area (TPSA) is 12.9 Å². The molecule has 1 radical (unpaired) electrons. The van der Waals surface area contributed by atoms with E-state index in [-0.39, 0.29) is 0 Å². The van der Waals surface area contributed by atoms with E-state index in [0.717, 1.165) is 10.0 Å². The lowest BCUT2D eigenvalue weighted by atomic mass is 10.3. The lowest BCUT2D eigenvalue weighted by Gasteiger charge is -1.87. The summed E-state index contributed by atoms with van der Waals surface area (Å²) in [7, 11) is 0. The van der Waals surface area contributed by atoms with Crippen molar-refractivity contribution >= 4 is 15.9 Å². The van der Waals surface area contributed by atoms with Crippen LogP contribution < -0.4 is 0 Å². The van der Waals surface area contributed by atoms with Gasteiger partial charge in [0.15, 0.2) is 0 Å². The van der Waals surface area contributed by atoms with Gasteiger partial charge in [-0.1, -0.05) is 0 Å². The quantitative estimate of drug-likeness (QED) is 0.581. The molecule has 0 saturated carbocycles. The number of aromatic nitrogens is 1. The predicted octanol–water partition coefficient (Wildman–Crippen LogP) is 1.95. The Morgan fingerprint density at radius 1 is 1.62 bits per heavy atom. The van der Waals surface area contributed by atoms with Gasteiger partial charge in [0.05, 0.1) is 0 Å². The summed E-state index contributed by atoms with van der Waals surface area (Å²) in [5.74, 6) is 0. The molecule has 41 valence electrons. The number of halogens is 1. The van der Waals surface area contributed by atoms with Crippen LogP contribution >= 0.6 is 15.9 Å². The molecule has 1 rings (SSSR count). The Morgan fingerprint density at radius 2 is 2.38 bits per heavy atom. The summed E-state index contributed by atoms with van der Waals surface area (Å²) in [5.41, 5.74) is 1.05. The molecule has 1 heterocycles. The van der Waals surface area contributed by atoms with Crippen LogP contribution in [0.25, 0.3) is 0 Å². The molecule has 0 amide bonds. The molecule has 0 spiro atoms. The van der Waals surface area contributed by atoms with E-state index >= 15 is 0 Å². The maximum atomic E-state index is 3.91. The summed E-state index contributed by atoms with van der Waals surface area (Å²) >= 11 is 3.24. The molecule has 2 heteroatoms. The highest BCUT2D eigenvalue weighted by atomic mass is 79.9. The molecule has 0 unspecified atom stereocenters. The average Bonchev–Trinajstić information content (AvgIpc) is 1.64. The second-order valence-corrected chi connectivity index (χ2v) is 2.42. The van der Waals surface area contributed by atoms with E-state index in [4.69, 9.17) is 0 Å². The van der Waals surface area contributed by atoms with Crippen LogP contribution in [0.5, 0.6) is 0 Å². The Bertz CT molecular complexity index is 168. The maximum Gasteiger partial charge on any atom is 0.0440 e. The summed E-state index contributed by atoms with van der Waals surface area (Å²) in [6, 6.07) is 3.02. The minimum absolute atomic E-state index is 0.914. The molecule has 0 N–H and O–H groups in total. The van der Waals surface area contributed by atoms with E-state index < -0.39 is 0 Å². The van der Waals surface area contributed by atoms with Crippen molar-refractivity contribution in [3.8, 4) is 0 Å². The maximum absolute atomic E-state index is 3.91. The van der Waals surface area contributed by atoms with Gasteiger partial charge < -0.3 is 0 Å². The number of nitrogens with zero attached hydrogens (tertiary/aromatic N) is 1. The molecule has 0 fully saturated rings. The molecular weight excluding hydrogens is 166 g/mol. The van der Waals surface area contributed by atoms with Gasteiger partial charge in [0.25, 0.3) is 0 Å². The third-order valence-corrected chi connectivity index (χ3v) is 1.18. The summed E-state index contributed by atoms with van der Waals surface area (Å²) in [4.78, 5) is 3.91. The van der Waals surface area contributed by atoms with E-state index in [9.17, 15) is 0 Å². The van der Waals surface area contributed by atoms with E-state index in [1.165, 1.54) is 0 Å². The van der Waals surface area contributed by atoms with Gasteiger partial charge >= 0.3 is 0 Å². The first-order valence-corrected chi connectivity index (χ1v) is 3.08. The highest BCUT2D eigenvalue weighted by molar-refractivity contribution is 9.10. The zero-order valence-electron chi connectivity index (χ0n) is 4.48. The van der Waals surface area contributed by atoms with Crippen LogP contribution in [-0.4, -0.2) is 4.98 Å². The number of pyridine rings is 1. The molecule has 1 aromatic heterocycles. The van der Waals surface area contributed by atoms with Gasteiger partial charge in [0.2, 0.25) is 0 Å². The molecule has 1 aromatic rings. The standard InChI is InChI=1S/C6H5BrN/c1-5-2-6(7)4-8-3-5/h3-4H,1H3. The van der Waals surface area contributed by atoms with Crippen molar-refractivity contribution in [3.63, 3.8) is 0 Å². The van der Waals surface area contributed by atoms with Crippen molar-refractivity contribution < 1.29 is 0 Å². The number of hydrogen-bond donors (Lipinski definition) is 0. The van der Waals surface area contributed by atoms with Crippen LogP contribution in [0.1, 0.15) is 5.56 Å². The van der Waals surface area contributed by atoms with E-state index in [1.807, 2.05) is 6.92 Å². The minimum atomic E-state index is 0.914. The molecule has 0 aliphatic rings. The third kappa shape index (κ3) is 1.30. The van der Waals surface area contributed by atoms with Gasteiger partial charge in [-0.3, -0.25) is 4.98 Å². The first kappa shape index (κ1) is 5.76. The zero-order valence-corrected chi connectivity index (χ0v) is 6.07. The molecular formula is C6H5BrN. The molecule has 0 atom stereocenters. The summed E-state index contributed by atoms with van der Waals surface area (Å²) < 4.78 is 0.914. The Kier molecular flexibility index (Phi) is 1.63. The lowest BCUT2D eigenvalue weighted by Crippen LogP contribution is -1.74. The predicted molar refractivity (Wildman–Crippen MR) is 35.5 cm³/mol. The first-order valence-electron chi connectivity index (χ1n) is 2.28. The van der Waals surface area contributed by atoms with E-state index in [1.54, 1.807) is 12.4 Å². The highest BCUT2D eigenvalue weighted by Crippen LogP contribution is 2.06.